The Morgan fingerprint density at radius 2 is 2.25 bits per heavy atom. The van der Waals surface area contributed by atoms with Crippen LogP contribution in [0.5, 0.6) is 0 Å². The lowest BCUT2D eigenvalue weighted by Gasteiger charge is -1.96. The van der Waals surface area contributed by atoms with Crippen molar-refractivity contribution in [2.45, 2.75) is 0 Å². The van der Waals surface area contributed by atoms with Crippen LogP contribution in [0.1, 0.15) is 0 Å². The van der Waals surface area contributed by atoms with Crippen LogP contribution in [0.25, 0.3) is 10.8 Å². The maximum atomic E-state index is 11.1. The minimum Gasteiger partial charge on any atom is -0.382 e. The predicted octanol–water partition coefficient (Wildman–Crippen LogP) is -0.0997. The zero-order valence-electron chi connectivity index (χ0n) is 6.11. The number of hydrogen-bond donors (Lipinski definition) is 2. The average Bonchev–Trinajstić information content (AvgIpc) is 2.12. The summed E-state index contributed by atoms with van der Waals surface area (Å²) in [6.07, 6.45) is 3.06. The second-order valence-corrected chi connectivity index (χ2v) is 2.36. The van der Waals surface area contributed by atoms with Crippen LogP contribution >= 0.6 is 0 Å². The van der Waals surface area contributed by atoms with Crippen LogP contribution in [0.4, 0.5) is 5.82 Å². The van der Waals surface area contributed by atoms with Crippen LogP contribution < -0.4 is 11.3 Å². The smallest absolute Gasteiger partial charge is 0.272 e. The maximum Gasteiger partial charge on any atom is 0.272 e. The Bertz CT molecular complexity index is 476. The molecule has 12 heavy (non-hydrogen) atoms. The van der Waals surface area contributed by atoms with Gasteiger partial charge in [-0.3, -0.25) is 9.78 Å². The van der Waals surface area contributed by atoms with Crippen LogP contribution in [0, 0.1) is 0 Å². The highest BCUT2D eigenvalue weighted by molar-refractivity contribution is 5.88. The molecule has 0 radical (unpaired) electrons. The summed E-state index contributed by atoms with van der Waals surface area (Å²) < 4.78 is 0. The van der Waals surface area contributed by atoms with E-state index in [9.17, 15) is 4.79 Å². The molecule has 3 N–H and O–H groups in total. The van der Waals surface area contributed by atoms with Gasteiger partial charge in [-0.25, -0.2) is 5.10 Å². The van der Waals surface area contributed by atoms with Crippen LogP contribution in [0.2, 0.25) is 0 Å². The van der Waals surface area contributed by atoms with Gasteiger partial charge in [-0.2, -0.15) is 5.10 Å². The van der Waals surface area contributed by atoms with Crippen molar-refractivity contribution in [1.29, 1.82) is 0 Å². The number of fused-ring (bicyclic) bond motifs is 1. The summed E-state index contributed by atoms with van der Waals surface area (Å²) in [7, 11) is 0. The molecule has 0 bridgehead atoms. The Balaban J connectivity index is 3.05. The fourth-order valence-electron chi connectivity index (χ4n) is 1.03. The Kier molecular flexibility index (Phi) is 1.30. The average molecular weight is 162 g/mol. The van der Waals surface area contributed by atoms with E-state index in [1.54, 1.807) is 6.07 Å². The Hall–Kier alpha value is -1.91. The van der Waals surface area contributed by atoms with Gasteiger partial charge in [0.25, 0.3) is 5.56 Å². The maximum absolute atomic E-state index is 11.1. The van der Waals surface area contributed by atoms with Gasteiger partial charge in [-0.1, -0.05) is 0 Å². The van der Waals surface area contributed by atoms with Crippen molar-refractivity contribution in [3.05, 3.63) is 28.8 Å². The second-order valence-electron chi connectivity index (χ2n) is 2.36. The fraction of sp³-hybridized carbons (Fsp3) is 0. The zero-order valence-corrected chi connectivity index (χ0v) is 6.11. The minimum atomic E-state index is -0.249. The van der Waals surface area contributed by atoms with E-state index in [-0.39, 0.29) is 11.4 Å². The van der Waals surface area contributed by atoms with Crippen LogP contribution in [0.3, 0.4) is 0 Å². The van der Waals surface area contributed by atoms with E-state index in [2.05, 4.69) is 15.2 Å². The molecule has 2 heterocycles. The van der Waals surface area contributed by atoms with Crippen molar-refractivity contribution in [3.63, 3.8) is 0 Å². The first kappa shape index (κ1) is 6.78. The van der Waals surface area contributed by atoms with E-state index < -0.39 is 0 Å². The number of nitrogens with zero attached hydrogens (tertiary/aromatic N) is 2. The summed E-state index contributed by atoms with van der Waals surface area (Å²) >= 11 is 0. The third kappa shape index (κ3) is 0.833. The number of aromatic amines is 1. The van der Waals surface area contributed by atoms with Gasteiger partial charge in [-0.15, -0.1) is 0 Å². The van der Waals surface area contributed by atoms with E-state index in [1.165, 1.54) is 12.4 Å². The monoisotopic (exact) mass is 162 g/mol. The molecular weight excluding hydrogens is 156 g/mol. The number of nitrogen functional groups attached to an aromatic ring is 1. The summed E-state index contributed by atoms with van der Waals surface area (Å²) in [5.74, 6) is 0.290. The lowest BCUT2D eigenvalue weighted by atomic mass is 10.2. The molecule has 0 amide bonds. The number of aromatic nitrogens is 3. The highest BCUT2D eigenvalue weighted by Gasteiger charge is 2.01. The van der Waals surface area contributed by atoms with Gasteiger partial charge in [0.15, 0.2) is 5.82 Å². The predicted molar refractivity (Wildman–Crippen MR) is 44.6 cm³/mol. The molecule has 0 unspecified atom stereocenters. The Morgan fingerprint density at radius 1 is 1.42 bits per heavy atom. The van der Waals surface area contributed by atoms with Crippen molar-refractivity contribution < 1.29 is 0 Å². The molecule has 60 valence electrons. The first-order valence-corrected chi connectivity index (χ1v) is 3.37. The number of hydrogen-bond acceptors (Lipinski definition) is 4. The fourth-order valence-corrected chi connectivity index (χ4v) is 1.03. The molecule has 2 aromatic heterocycles. The van der Waals surface area contributed by atoms with E-state index >= 15 is 0 Å². The molecular formula is C7H6N4O. The molecule has 0 fully saturated rings. The topological polar surface area (TPSA) is 84.7 Å². The van der Waals surface area contributed by atoms with Gasteiger partial charge in [-0.05, 0) is 6.07 Å². The molecule has 0 saturated heterocycles. The number of H-pyrrole nitrogens is 1. The molecule has 0 aliphatic rings. The van der Waals surface area contributed by atoms with Gasteiger partial charge in [0.05, 0.1) is 5.39 Å². The normalized spacial score (nSPS) is 10.3. The second kappa shape index (κ2) is 2.30. The highest BCUT2D eigenvalue weighted by Crippen LogP contribution is 2.10. The zero-order chi connectivity index (χ0) is 8.55. The lowest BCUT2D eigenvalue weighted by molar-refractivity contribution is 1.02. The number of anilines is 1. The number of pyridine rings is 1. The SMILES string of the molecule is Nc1n[nH]c(=O)c2ccncc12. The summed E-state index contributed by atoms with van der Waals surface area (Å²) in [4.78, 5) is 15.0. The molecule has 5 nitrogen and oxygen atoms in total. The Morgan fingerprint density at radius 3 is 3.00 bits per heavy atom. The van der Waals surface area contributed by atoms with Gasteiger partial charge < -0.3 is 5.73 Å². The first-order chi connectivity index (χ1) is 5.79. The molecule has 0 atom stereocenters. The summed E-state index contributed by atoms with van der Waals surface area (Å²) in [5, 5.41) is 6.99. The van der Waals surface area contributed by atoms with Gasteiger partial charge >= 0.3 is 0 Å². The number of rotatable bonds is 0. The van der Waals surface area contributed by atoms with Crippen LogP contribution in [-0.4, -0.2) is 15.2 Å². The van der Waals surface area contributed by atoms with Gasteiger partial charge in [0.2, 0.25) is 0 Å². The van der Waals surface area contributed by atoms with E-state index in [0.717, 1.165) is 0 Å². The third-order valence-corrected chi connectivity index (χ3v) is 1.62. The molecule has 0 saturated carbocycles. The van der Waals surface area contributed by atoms with E-state index in [4.69, 9.17) is 5.73 Å². The standard InChI is InChI=1S/C7H6N4O/c8-6-5-3-9-2-1-4(5)7(12)11-10-6/h1-3H,(H2,8,10)(H,11,12). The van der Waals surface area contributed by atoms with Crippen molar-refractivity contribution in [1.82, 2.24) is 15.2 Å². The van der Waals surface area contributed by atoms with Crippen molar-refractivity contribution in [2.75, 3.05) is 5.73 Å². The minimum absolute atomic E-state index is 0.249. The molecule has 0 spiro atoms. The molecule has 5 heteroatoms. The van der Waals surface area contributed by atoms with E-state index in [1.807, 2.05) is 0 Å². The molecule has 0 aliphatic carbocycles. The molecule has 0 aliphatic heterocycles. The first-order valence-electron chi connectivity index (χ1n) is 3.37. The van der Waals surface area contributed by atoms with Crippen LogP contribution in [-0.2, 0) is 0 Å². The van der Waals surface area contributed by atoms with Crippen molar-refractivity contribution >= 4 is 16.6 Å². The van der Waals surface area contributed by atoms with Gasteiger partial charge in [0.1, 0.15) is 0 Å². The van der Waals surface area contributed by atoms with Crippen molar-refractivity contribution in [2.24, 2.45) is 0 Å². The summed E-state index contributed by atoms with van der Waals surface area (Å²) in [5.41, 5.74) is 5.26. The van der Waals surface area contributed by atoms with Crippen LogP contribution in [0.15, 0.2) is 23.3 Å². The number of nitrogens with one attached hydrogen (secondary N) is 1. The molecule has 0 aromatic carbocycles. The van der Waals surface area contributed by atoms with Gasteiger partial charge in [0, 0.05) is 17.8 Å². The Labute approximate surface area is 67.2 Å². The van der Waals surface area contributed by atoms with Crippen molar-refractivity contribution in [3.8, 4) is 0 Å². The highest BCUT2D eigenvalue weighted by atomic mass is 16.1. The van der Waals surface area contributed by atoms with E-state index in [0.29, 0.717) is 10.8 Å². The molecule has 2 aromatic rings. The largest absolute Gasteiger partial charge is 0.382 e. The summed E-state index contributed by atoms with van der Waals surface area (Å²) in [6.45, 7) is 0. The third-order valence-electron chi connectivity index (χ3n) is 1.62. The lowest BCUT2D eigenvalue weighted by Crippen LogP contribution is -2.10. The number of nitrogens with two attached hydrogens (primary N) is 1. The quantitative estimate of drug-likeness (QED) is 0.566. The summed E-state index contributed by atoms with van der Waals surface area (Å²) in [6, 6.07) is 1.60. The molecule has 2 rings (SSSR count).